The molecule has 4 rings (SSSR count). The van der Waals surface area contributed by atoms with Crippen molar-refractivity contribution in [1.29, 1.82) is 5.26 Å². The lowest BCUT2D eigenvalue weighted by atomic mass is 9.98. The Kier molecular flexibility index (Phi) is 4.96. The van der Waals surface area contributed by atoms with E-state index in [0.717, 1.165) is 55.7 Å². The highest BCUT2D eigenvalue weighted by molar-refractivity contribution is 5.79. The van der Waals surface area contributed by atoms with Crippen LogP contribution in [0.2, 0.25) is 0 Å². The average Bonchev–Trinajstić information content (AvgIpc) is 3.46. The molecule has 27 heavy (non-hydrogen) atoms. The molecule has 2 heterocycles. The quantitative estimate of drug-likeness (QED) is 0.864. The van der Waals surface area contributed by atoms with Gasteiger partial charge < -0.3 is 14.8 Å². The lowest BCUT2D eigenvalue weighted by molar-refractivity contribution is -0.123. The summed E-state index contributed by atoms with van der Waals surface area (Å²) in [5.74, 6) is 1.83. The second-order valence-electron chi connectivity index (χ2n) is 8.02. The number of nitriles is 1. The zero-order valence-electron chi connectivity index (χ0n) is 15.9. The van der Waals surface area contributed by atoms with Crippen LogP contribution >= 0.6 is 0 Å². The number of hydrogen-bond acceptors (Lipinski definition) is 5. The van der Waals surface area contributed by atoms with E-state index in [-0.39, 0.29) is 11.9 Å². The molecule has 0 aromatic heterocycles. The maximum absolute atomic E-state index is 12.6. The van der Waals surface area contributed by atoms with Crippen molar-refractivity contribution in [3.05, 3.63) is 23.8 Å². The van der Waals surface area contributed by atoms with Gasteiger partial charge in [0.25, 0.3) is 0 Å². The summed E-state index contributed by atoms with van der Waals surface area (Å²) in [7, 11) is 0. The number of rotatable bonds is 5. The van der Waals surface area contributed by atoms with E-state index in [1.54, 1.807) is 0 Å². The fourth-order valence-corrected chi connectivity index (χ4v) is 4.18. The standard InChI is InChI=1S/C21H27N3O3/c1-21(14-22,16-6-7-16)23-20(25)13-24-9-2-4-17(24)15-5-8-18-19(12-15)27-11-3-10-26-18/h5,8,12,16-17H,2-4,6-7,9-11,13H2,1H3,(H,23,25)/t17-,21+/m1/s1. The number of likely N-dealkylation sites (tertiary alicyclic amines) is 1. The Morgan fingerprint density at radius 1 is 1.26 bits per heavy atom. The molecule has 1 aromatic carbocycles. The van der Waals surface area contributed by atoms with Gasteiger partial charge in [0.2, 0.25) is 5.91 Å². The van der Waals surface area contributed by atoms with Crippen LogP contribution in [0.1, 0.15) is 50.6 Å². The SMILES string of the molecule is C[C@@](C#N)(NC(=O)CN1CCC[C@@H]1c1ccc2c(c1)OCCCO2)C1CC1. The van der Waals surface area contributed by atoms with Gasteiger partial charge in [0.1, 0.15) is 5.54 Å². The molecule has 1 saturated carbocycles. The van der Waals surface area contributed by atoms with Gasteiger partial charge in [0, 0.05) is 12.5 Å². The molecule has 1 saturated heterocycles. The van der Waals surface area contributed by atoms with Crippen molar-refractivity contribution in [1.82, 2.24) is 10.2 Å². The molecule has 3 aliphatic rings. The van der Waals surface area contributed by atoms with Gasteiger partial charge >= 0.3 is 0 Å². The van der Waals surface area contributed by atoms with Crippen LogP contribution in [0.3, 0.4) is 0 Å². The topological polar surface area (TPSA) is 74.6 Å². The van der Waals surface area contributed by atoms with Gasteiger partial charge in [-0.15, -0.1) is 0 Å². The van der Waals surface area contributed by atoms with Gasteiger partial charge in [0.15, 0.2) is 11.5 Å². The molecule has 2 aliphatic heterocycles. The smallest absolute Gasteiger partial charge is 0.235 e. The molecule has 1 aliphatic carbocycles. The molecule has 0 spiro atoms. The highest BCUT2D eigenvalue weighted by Gasteiger charge is 2.43. The molecule has 6 nitrogen and oxygen atoms in total. The summed E-state index contributed by atoms with van der Waals surface area (Å²) in [6.07, 6.45) is 5.01. The third-order valence-corrected chi connectivity index (χ3v) is 5.89. The second kappa shape index (κ2) is 7.40. The molecule has 2 fully saturated rings. The number of benzene rings is 1. The number of carbonyl (C=O) groups excluding carboxylic acids is 1. The van der Waals surface area contributed by atoms with E-state index in [0.29, 0.717) is 25.7 Å². The van der Waals surface area contributed by atoms with Gasteiger partial charge in [0.05, 0.1) is 25.8 Å². The van der Waals surface area contributed by atoms with E-state index in [2.05, 4.69) is 28.4 Å². The zero-order chi connectivity index (χ0) is 18.9. The van der Waals surface area contributed by atoms with Crippen molar-refractivity contribution in [2.45, 2.75) is 50.6 Å². The second-order valence-corrected chi connectivity index (χ2v) is 8.02. The predicted octanol–water partition coefficient (Wildman–Crippen LogP) is 2.79. The summed E-state index contributed by atoms with van der Waals surface area (Å²) < 4.78 is 11.5. The molecule has 0 radical (unpaired) electrons. The number of nitrogens with one attached hydrogen (secondary N) is 1. The van der Waals surface area contributed by atoms with Crippen LogP contribution in [0.4, 0.5) is 0 Å². The maximum atomic E-state index is 12.6. The van der Waals surface area contributed by atoms with Crippen molar-refractivity contribution in [2.24, 2.45) is 5.92 Å². The Morgan fingerprint density at radius 3 is 2.78 bits per heavy atom. The summed E-state index contributed by atoms with van der Waals surface area (Å²) in [6.45, 7) is 4.40. The maximum Gasteiger partial charge on any atom is 0.235 e. The van der Waals surface area contributed by atoms with Crippen LogP contribution in [-0.2, 0) is 4.79 Å². The summed E-state index contributed by atoms with van der Waals surface area (Å²) in [5, 5.41) is 12.4. The van der Waals surface area contributed by atoms with Crippen LogP contribution < -0.4 is 14.8 Å². The van der Waals surface area contributed by atoms with Crippen LogP contribution in [0.5, 0.6) is 11.5 Å². The molecule has 1 aromatic rings. The summed E-state index contributed by atoms with van der Waals surface area (Å²) in [6, 6.07) is 8.62. The van der Waals surface area contributed by atoms with Gasteiger partial charge in [-0.2, -0.15) is 5.26 Å². The Morgan fingerprint density at radius 2 is 2.04 bits per heavy atom. The first kappa shape index (κ1) is 18.1. The largest absolute Gasteiger partial charge is 0.490 e. The number of amides is 1. The number of nitrogens with zero attached hydrogens (tertiary/aromatic N) is 2. The third kappa shape index (κ3) is 3.89. The molecule has 0 unspecified atom stereocenters. The van der Waals surface area contributed by atoms with Gasteiger partial charge in [-0.25, -0.2) is 0 Å². The van der Waals surface area contributed by atoms with Crippen molar-refractivity contribution in [3.63, 3.8) is 0 Å². The van der Waals surface area contributed by atoms with Crippen molar-refractivity contribution < 1.29 is 14.3 Å². The number of carbonyl (C=O) groups is 1. The van der Waals surface area contributed by atoms with E-state index in [4.69, 9.17) is 9.47 Å². The van der Waals surface area contributed by atoms with E-state index in [1.807, 2.05) is 13.0 Å². The van der Waals surface area contributed by atoms with E-state index >= 15 is 0 Å². The Balaban J connectivity index is 1.44. The first-order valence-corrected chi connectivity index (χ1v) is 9.95. The van der Waals surface area contributed by atoms with Crippen LogP contribution in [-0.4, -0.2) is 42.6 Å². The van der Waals surface area contributed by atoms with Gasteiger partial charge in [-0.3, -0.25) is 9.69 Å². The molecular weight excluding hydrogens is 342 g/mol. The van der Waals surface area contributed by atoms with E-state index < -0.39 is 5.54 Å². The highest BCUT2D eigenvalue weighted by Crippen LogP contribution is 2.40. The molecule has 1 N–H and O–H groups in total. The Hall–Kier alpha value is -2.26. The average molecular weight is 369 g/mol. The Labute approximate surface area is 160 Å². The minimum Gasteiger partial charge on any atom is -0.490 e. The van der Waals surface area contributed by atoms with Crippen molar-refractivity contribution in [2.75, 3.05) is 26.3 Å². The van der Waals surface area contributed by atoms with E-state index in [9.17, 15) is 10.1 Å². The van der Waals surface area contributed by atoms with Crippen molar-refractivity contribution >= 4 is 5.91 Å². The number of hydrogen-bond donors (Lipinski definition) is 1. The fourth-order valence-electron chi connectivity index (χ4n) is 4.18. The molecule has 6 heteroatoms. The zero-order valence-corrected chi connectivity index (χ0v) is 15.9. The molecular formula is C21H27N3O3. The molecule has 1 amide bonds. The van der Waals surface area contributed by atoms with Gasteiger partial charge in [-0.05, 0) is 62.8 Å². The summed E-state index contributed by atoms with van der Waals surface area (Å²) >= 11 is 0. The first-order valence-electron chi connectivity index (χ1n) is 9.95. The molecule has 144 valence electrons. The fraction of sp³-hybridized carbons (Fsp3) is 0.619. The molecule has 0 bridgehead atoms. The lowest BCUT2D eigenvalue weighted by Gasteiger charge is -2.28. The minimum atomic E-state index is -0.735. The monoisotopic (exact) mass is 369 g/mol. The lowest BCUT2D eigenvalue weighted by Crippen LogP contribution is -2.50. The number of fused-ring (bicyclic) bond motifs is 1. The van der Waals surface area contributed by atoms with E-state index in [1.165, 1.54) is 0 Å². The van der Waals surface area contributed by atoms with Gasteiger partial charge in [-0.1, -0.05) is 6.07 Å². The summed E-state index contributed by atoms with van der Waals surface area (Å²) in [5.41, 5.74) is 0.427. The number of ether oxygens (including phenoxy) is 2. The van der Waals surface area contributed by atoms with Crippen LogP contribution in [0.15, 0.2) is 18.2 Å². The van der Waals surface area contributed by atoms with Crippen LogP contribution in [0.25, 0.3) is 0 Å². The third-order valence-electron chi connectivity index (χ3n) is 5.89. The summed E-state index contributed by atoms with van der Waals surface area (Å²) in [4.78, 5) is 14.8. The van der Waals surface area contributed by atoms with Crippen LogP contribution in [0, 0.1) is 17.2 Å². The first-order chi connectivity index (χ1) is 13.1. The predicted molar refractivity (Wildman–Crippen MR) is 100 cm³/mol. The molecule has 2 atom stereocenters. The minimum absolute atomic E-state index is 0.0628. The normalized spacial score (nSPS) is 24.5. The Bertz CT molecular complexity index is 756. The highest BCUT2D eigenvalue weighted by atomic mass is 16.5. The van der Waals surface area contributed by atoms with Crippen molar-refractivity contribution in [3.8, 4) is 17.6 Å².